The van der Waals surface area contributed by atoms with Crippen molar-refractivity contribution in [2.75, 3.05) is 25.0 Å². The molecule has 0 bridgehead atoms. The minimum atomic E-state index is -0.0499. The van der Waals surface area contributed by atoms with Crippen molar-refractivity contribution in [2.45, 2.75) is 18.9 Å². The molecule has 2 aromatic heterocycles. The fraction of sp³-hybridized carbons (Fsp3) is 0.538. The summed E-state index contributed by atoms with van der Waals surface area (Å²) in [4.78, 5) is 29.3. The number of anilines is 1. The van der Waals surface area contributed by atoms with Crippen molar-refractivity contribution in [2.24, 2.45) is 11.7 Å². The zero-order valence-electron chi connectivity index (χ0n) is 11.9. The van der Waals surface area contributed by atoms with Crippen molar-refractivity contribution in [3.05, 3.63) is 12.7 Å². The van der Waals surface area contributed by atoms with Crippen LogP contribution in [-0.2, 0) is 4.79 Å². The molecule has 1 aliphatic carbocycles. The number of nitrogens with two attached hydrogens (primary N) is 1. The number of carbonyl (C=O) groups is 1. The van der Waals surface area contributed by atoms with Crippen LogP contribution in [0.15, 0.2) is 12.7 Å². The molecule has 8 nitrogen and oxygen atoms in total. The zero-order valence-corrected chi connectivity index (χ0v) is 11.9. The maximum Gasteiger partial charge on any atom is 0.239 e. The average Bonchev–Trinajstić information content (AvgIpc) is 3.20. The van der Waals surface area contributed by atoms with Crippen molar-refractivity contribution in [1.29, 1.82) is 0 Å². The van der Waals surface area contributed by atoms with Gasteiger partial charge < -0.3 is 20.9 Å². The SMILES string of the molecule is CN(CC(=O)NC(CN)C1CC1)c1ncnc2nc[nH]c12. The molecule has 1 unspecified atom stereocenters. The topological polar surface area (TPSA) is 113 Å². The number of imidazole rings is 1. The van der Waals surface area contributed by atoms with E-state index in [1.807, 2.05) is 7.05 Å². The van der Waals surface area contributed by atoms with Crippen LogP contribution in [0, 0.1) is 5.92 Å². The number of H-pyrrole nitrogens is 1. The van der Waals surface area contributed by atoms with Gasteiger partial charge in [-0.15, -0.1) is 0 Å². The highest BCUT2D eigenvalue weighted by molar-refractivity contribution is 5.87. The third-order valence-electron chi connectivity index (χ3n) is 3.74. The maximum atomic E-state index is 12.1. The molecule has 2 aromatic rings. The lowest BCUT2D eigenvalue weighted by Gasteiger charge is -2.21. The summed E-state index contributed by atoms with van der Waals surface area (Å²) in [7, 11) is 1.82. The van der Waals surface area contributed by atoms with E-state index in [-0.39, 0.29) is 18.5 Å². The highest BCUT2D eigenvalue weighted by Crippen LogP contribution is 2.32. The predicted octanol–water partition coefficient (Wildman–Crippen LogP) is -0.357. The number of hydrogen-bond donors (Lipinski definition) is 3. The largest absolute Gasteiger partial charge is 0.350 e. The third kappa shape index (κ3) is 2.94. The molecule has 8 heteroatoms. The quantitative estimate of drug-likeness (QED) is 0.669. The van der Waals surface area contributed by atoms with Crippen LogP contribution in [-0.4, -0.2) is 52.0 Å². The Morgan fingerprint density at radius 3 is 3.05 bits per heavy atom. The molecule has 1 aliphatic rings. The monoisotopic (exact) mass is 289 g/mol. The van der Waals surface area contributed by atoms with Crippen molar-refractivity contribution in [3.63, 3.8) is 0 Å². The van der Waals surface area contributed by atoms with Crippen LogP contribution in [0.1, 0.15) is 12.8 Å². The minimum absolute atomic E-state index is 0.0499. The normalized spacial score (nSPS) is 15.9. The summed E-state index contributed by atoms with van der Waals surface area (Å²) in [6.45, 7) is 0.701. The lowest BCUT2D eigenvalue weighted by molar-refractivity contribution is -0.120. The predicted molar refractivity (Wildman–Crippen MR) is 78.7 cm³/mol. The molecule has 1 saturated carbocycles. The van der Waals surface area contributed by atoms with Gasteiger partial charge in [-0.2, -0.15) is 0 Å². The molecule has 1 fully saturated rings. The number of nitrogens with zero attached hydrogens (tertiary/aromatic N) is 4. The number of likely N-dealkylation sites (N-methyl/N-ethyl adjacent to an activating group) is 1. The second kappa shape index (κ2) is 5.65. The number of aromatic nitrogens is 4. The molecule has 1 amide bonds. The van der Waals surface area contributed by atoms with E-state index in [0.29, 0.717) is 23.9 Å². The summed E-state index contributed by atoms with van der Waals surface area (Å²) in [5.74, 6) is 1.15. The van der Waals surface area contributed by atoms with Crippen LogP contribution in [0.4, 0.5) is 5.82 Å². The van der Waals surface area contributed by atoms with Crippen LogP contribution >= 0.6 is 0 Å². The number of amides is 1. The second-order valence-corrected chi connectivity index (χ2v) is 5.40. The van der Waals surface area contributed by atoms with Gasteiger partial charge in [-0.3, -0.25) is 4.79 Å². The highest BCUT2D eigenvalue weighted by atomic mass is 16.2. The highest BCUT2D eigenvalue weighted by Gasteiger charge is 2.31. The van der Waals surface area contributed by atoms with Crippen molar-refractivity contribution >= 4 is 22.9 Å². The average molecular weight is 289 g/mol. The van der Waals surface area contributed by atoms with Crippen molar-refractivity contribution < 1.29 is 4.79 Å². The van der Waals surface area contributed by atoms with Gasteiger partial charge >= 0.3 is 0 Å². The second-order valence-electron chi connectivity index (χ2n) is 5.40. The Bertz CT molecular complexity index is 636. The summed E-state index contributed by atoms with van der Waals surface area (Å²) in [5.41, 5.74) is 7.02. The molecule has 4 N–H and O–H groups in total. The van der Waals surface area contributed by atoms with Gasteiger partial charge in [0.25, 0.3) is 0 Å². The van der Waals surface area contributed by atoms with E-state index in [1.54, 1.807) is 11.2 Å². The van der Waals surface area contributed by atoms with E-state index in [0.717, 1.165) is 18.4 Å². The molecule has 0 radical (unpaired) electrons. The Balaban J connectivity index is 1.66. The number of carbonyl (C=O) groups excluding carboxylic acids is 1. The fourth-order valence-corrected chi connectivity index (χ4v) is 2.45. The van der Waals surface area contributed by atoms with Crippen LogP contribution in [0.25, 0.3) is 11.2 Å². The maximum absolute atomic E-state index is 12.1. The Morgan fingerprint density at radius 2 is 2.33 bits per heavy atom. The Hall–Kier alpha value is -2.22. The van der Waals surface area contributed by atoms with E-state index in [2.05, 4.69) is 25.3 Å². The lowest BCUT2D eigenvalue weighted by Crippen LogP contribution is -2.45. The van der Waals surface area contributed by atoms with Crippen LogP contribution in [0.2, 0.25) is 0 Å². The van der Waals surface area contributed by atoms with Gasteiger partial charge in [0.15, 0.2) is 11.5 Å². The molecular weight excluding hydrogens is 270 g/mol. The Kier molecular flexibility index (Phi) is 3.70. The number of nitrogens with one attached hydrogen (secondary N) is 2. The van der Waals surface area contributed by atoms with E-state index in [4.69, 9.17) is 5.73 Å². The lowest BCUT2D eigenvalue weighted by atomic mass is 10.2. The minimum Gasteiger partial charge on any atom is -0.350 e. The standard InChI is InChI=1S/C13H19N7O/c1-20(5-10(21)19-9(4-14)8-2-3-8)13-11-12(16-6-15-11)17-7-18-13/h6-9H,2-5,14H2,1H3,(H,19,21)(H,15,16,17,18). The number of rotatable bonds is 6. The molecular formula is C13H19N7O. The molecule has 112 valence electrons. The third-order valence-corrected chi connectivity index (χ3v) is 3.74. The summed E-state index contributed by atoms with van der Waals surface area (Å²) >= 11 is 0. The van der Waals surface area contributed by atoms with Gasteiger partial charge in [0.1, 0.15) is 11.8 Å². The summed E-state index contributed by atoms with van der Waals surface area (Å²) in [6.07, 6.45) is 5.31. The molecule has 0 aromatic carbocycles. The van der Waals surface area contributed by atoms with E-state index < -0.39 is 0 Å². The van der Waals surface area contributed by atoms with E-state index in [1.165, 1.54) is 6.33 Å². The first kappa shape index (κ1) is 13.7. The number of hydrogen-bond acceptors (Lipinski definition) is 6. The summed E-state index contributed by atoms with van der Waals surface area (Å²) in [6, 6.07) is 0.0865. The first-order valence-electron chi connectivity index (χ1n) is 7.03. The molecule has 0 spiro atoms. The molecule has 3 rings (SSSR count). The number of aromatic amines is 1. The van der Waals surface area contributed by atoms with Gasteiger partial charge in [0, 0.05) is 19.6 Å². The Morgan fingerprint density at radius 1 is 1.52 bits per heavy atom. The molecule has 1 atom stereocenters. The smallest absolute Gasteiger partial charge is 0.239 e. The fourth-order valence-electron chi connectivity index (χ4n) is 2.45. The summed E-state index contributed by atoms with van der Waals surface area (Å²) in [5, 5.41) is 3.00. The van der Waals surface area contributed by atoms with E-state index >= 15 is 0 Å². The van der Waals surface area contributed by atoms with Crippen molar-refractivity contribution in [1.82, 2.24) is 25.3 Å². The van der Waals surface area contributed by atoms with Gasteiger partial charge in [0.2, 0.25) is 5.91 Å². The van der Waals surface area contributed by atoms with Gasteiger partial charge in [-0.25, -0.2) is 15.0 Å². The molecule has 21 heavy (non-hydrogen) atoms. The molecule has 2 heterocycles. The first-order chi connectivity index (χ1) is 10.2. The van der Waals surface area contributed by atoms with Gasteiger partial charge in [0.05, 0.1) is 12.9 Å². The van der Waals surface area contributed by atoms with E-state index in [9.17, 15) is 4.79 Å². The molecule has 0 saturated heterocycles. The molecule has 0 aliphatic heterocycles. The van der Waals surface area contributed by atoms with Gasteiger partial charge in [-0.1, -0.05) is 0 Å². The van der Waals surface area contributed by atoms with Crippen LogP contribution in [0.3, 0.4) is 0 Å². The zero-order chi connectivity index (χ0) is 14.8. The van der Waals surface area contributed by atoms with Gasteiger partial charge in [-0.05, 0) is 18.8 Å². The van der Waals surface area contributed by atoms with Crippen LogP contribution < -0.4 is 16.0 Å². The van der Waals surface area contributed by atoms with Crippen LogP contribution in [0.5, 0.6) is 0 Å². The van der Waals surface area contributed by atoms with Crippen molar-refractivity contribution in [3.8, 4) is 0 Å². The number of fused-ring (bicyclic) bond motifs is 1. The Labute approximate surface area is 122 Å². The first-order valence-corrected chi connectivity index (χ1v) is 7.03. The summed E-state index contributed by atoms with van der Waals surface area (Å²) < 4.78 is 0.